The normalized spacial score (nSPS) is 14.3. The maximum atomic E-state index is 12.9. The molecule has 0 fully saturated rings. The maximum Gasteiger partial charge on any atom is 0.461 e. The van der Waals surface area contributed by atoms with Crippen molar-refractivity contribution in [3.8, 4) is 5.75 Å². The van der Waals surface area contributed by atoms with Gasteiger partial charge in [0.2, 0.25) is 0 Å². The molecule has 1 aliphatic rings. The lowest BCUT2D eigenvalue weighted by Crippen LogP contribution is -2.33. The Bertz CT molecular complexity index is 731. The highest BCUT2D eigenvalue weighted by molar-refractivity contribution is 6.11. The van der Waals surface area contributed by atoms with Gasteiger partial charge in [0, 0.05) is 11.3 Å². The SMILES string of the molecule is N=C1c2ccccc2CN1c1ccc(OC(F)(F)C(F)F)cc1. The molecule has 1 N–H and O–H groups in total. The van der Waals surface area contributed by atoms with Crippen molar-refractivity contribution < 1.29 is 22.3 Å². The fourth-order valence-electron chi connectivity index (χ4n) is 2.40. The third kappa shape index (κ3) is 2.86. The second kappa shape index (κ2) is 5.57. The summed E-state index contributed by atoms with van der Waals surface area (Å²) in [4.78, 5) is 1.69. The zero-order chi connectivity index (χ0) is 16.6. The van der Waals surface area contributed by atoms with Crippen LogP contribution in [0.4, 0.5) is 23.2 Å². The molecule has 0 saturated heterocycles. The molecule has 0 radical (unpaired) electrons. The molecule has 0 spiro atoms. The molecule has 3 nitrogen and oxygen atoms in total. The van der Waals surface area contributed by atoms with E-state index in [1.807, 2.05) is 24.3 Å². The molecule has 7 heteroatoms. The summed E-state index contributed by atoms with van der Waals surface area (Å²) in [5.41, 5.74) is 2.39. The van der Waals surface area contributed by atoms with Gasteiger partial charge in [0.15, 0.2) is 0 Å². The van der Waals surface area contributed by atoms with Gasteiger partial charge in [-0.3, -0.25) is 5.41 Å². The molecule has 0 unspecified atom stereocenters. The number of nitrogens with one attached hydrogen (secondary N) is 1. The number of amidine groups is 1. The van der Waals surface area contributed by atoms with Crippen LogP contribution in [-0.4, -0.2) is 18.4 Å². The molecule has 2 aromatic rings. The molecule has 2 aromatic carbocycles. The van der Waals surface area contributed by atoms with E-state index in [9.17, 15) is 17.6 Å². The number of alkyl halides is 4. The van der Waals surface area contributed by atoms with Crippen LogP contribution in [-0.2, 0) is 6.54 Å². The quantitative estimate of drug-likeness (QED) is 0.853. The highest BCUT2D eigenvalue weighted by Gasteiger charge is 2.44. The van der Waals surface area contributed by atoms with E-state index in [0.717, 1.165) is 11.1 Å². The van der Waals surface area contributed by atoms with Gasteiger partial charge in [0.05, 0.1) is 6.54 Å². The summed E-state index contributed by atoms with van der Waals surface area (Å²) in [7, 11) is 0. The van der Waals surface area contributed by atoms with Crippen LogP contribution < -0.4 is 9.64 Å². The number of rotatable bonds is 4. The van der Waals surface area contributed by atoms with E-state index in [0.29, 0.717) is 18.1 Å². The van der Waals surface area contributed by atoms with Crippen molar-refractivity contribution in [2.45, 2.75) is 19.1 Å². The van der Waals surface area contributed by atoms with Crippen molar-refractivity contribution in [1.82, 2.24) is 0 Å². The van der Waals surface area contributed by atoms with Gasteiger partial charge in [-0.2, -0.15) is 17.6 Å². The smallest absolute Gasteiger partial charge is 0.428 e. The first-order valence-electron chi connectivity index (χ1n) is 6.78. The molecule has 0 atom stereocenters. The molecule has 0 aliphatic carbocycles. The Morgan fingerprint density at radius 3 is 2.30 bits per heavy atom. The van der Waals surface area contributed by atoms with Gasteiger partial charge in [-0.15, -0.1) is 0 Å². The molecular weight excluding hydrogens is 312 g/mol. The van der Waals surface area contributed by atoms with Crippen LogP contribution in [0.5, 0.6) is 5.75 Å². The van der Waals surface area contributed by atoms with Crippen molar-refractivity contribution in [1.29, 1.82) is 5.41 Å². The number of nitrogens with zero attached hydrogens (tertiary/aromatic N) is 1. The molecular formula is C16H12F4N2O. The zero-order valence-electron chi connectivity index (χ0n) is 11.8. The van der Waals surface area contributed by atoms with Crippen LogP contribution in [0.1, 0.15) is 11.1 Å². The second-order valence-electron chi connectivity index (χ2n) is 5.05. The summed E-state index contributed by atoms with van der Waals surface area (Å²) in [6.07, 6.45) is -8.43. The van der Waals surface area contributed by atoms with Crippen LogP contribution in [0.25, 0.3) is 0 Å². The number of ether oxygens (including phenoxy) is 1. The van der Waals surface area contributed by atoms with E-state index >= 15 is 0 Å². The zero-order valence-corrected chi connectivity index (χ0v) is 11.8. The van der Waals surface area contributed by atoms with Crippen molar-refractivity contribution in [3.63, 3.8) is 0 Å². The monoisotopic (exact) mass is 324 g/mol. The number of hydrogen-bond donors (Lipinski definition) is 1. The molecule has 23 heavy (non-hydrogen) atoms. The van der Waals surface area contributed by atoms with Gasteiger partial charge in [0.1, 0.15) is 11.6 Å². The average Bonchev–Trinajstić information content (AvgIpc) is 2.85. The topological polar surface area (TPSA) is 36.3 Å². The molecule has 0 bridgehead atoms. The van der Waals surface area contributed by atoms with Crippen LogP contribution >= 0.6 is 0 Å². The third-order valence-corrected chi connectivity index (χ3v) is 3.53. The van der Waals surface area contributed by atoms with Crippen molar-refractivity contribution in [3.05, 3.63) is 59.7 Å². The first-order chi connectivity index (χ1) is 10.9. The lowest BCUT2D eigenvalue weighted by molar-refractivity contribution is -0.253. The Kier molecular flexibility index (Phi) is 3.71. The number of hydrogen-bond acceptors (Lipinski definition) is 2. The Labute approximate surface area is 129 Å². The van der Waals surface area contributed by atoms with Gasteiger partial charge < -0.3 is 9.64 Å². The van der Waals surface area contributed by atoms with E-state index in [1.54, 1.807) is 4.90 Å². The van der Waals surface area contributed by atoms with E-state index in [1.165, 1.54) is 24.3 Å². The van der Waals surface area contributed by atoms with Gasteiger partial charge >= 0.3 is 12.5 Å². The van der Waals surface area contributed by atoms with E-state index in [-0.39, 0.29) is 5.75 Å². The molecule has 3 rings (SSSR count). The highest BCUT2D eigenvalue weighted by atomic mass is 19.3. The number of benzene rings is 2. The van der Waals surface area contributed by atoms with E-state index in [2.05, 4.69) is 4.74 Å². The standard InChI is InChI=1S/C16H12F4N2O/c17-15(18)16(19,20)23-12-7-5-11(6-8-12)22-9-10-3-1-2-4-13(10)14(22)21/h1-8,15,21H,9H2. The van der Waals surface area contributed by atoms with E-state index < -0.39 is 12.5 Å². The predicted octanol–water partition coefficient (Wildman–Crippen LogP) is 4.27. The summed E-state index contributed by atoms with van der Waals surface area (Å²) in [6.45, 7) is 0.488. The first-order valence-corrected chi connectivity index (χ1v) is 6.78. The molecule has 0 aromatic heterocycles. The summed E-state index contributed by atoms with van der Waals surface area (Å²) in [5.74, 6) is -0.0607. The van der Waals surface area contributed by atoms with Crippen LogP contribution in [0.15, 0.2) is 48.5 Å². The lowest BCUT2D eigenvalue weighted by atomic mass is 10.1. The van der Waals surface area contributed by atoms with Gasteiger partial charge in [-0.25, -0.2) is 0 Å². The van der Waals surface area contributed by atoms with Gasteiger partial charge in [0.25, 0.3) is 0 Å². The first kappa shape index (κ1) is 15.3. The fraction of sp³-hybridized carbons (Fsp3) is 0.188. The predicted molar refractivity (Wildman–Crippen MR) is 77.5 cm³/mol. The maximum absolute atomic E-state index is 12.9. The molecule has 1 heterocycles. The van der Waals surface area contributed by atoms with E-state index in [4.69, 9.17) is 5.41 Å². The number of fused-ring (bicyclic) bond motifs is 1. The summed E-state index contributed by atoms with van der Waals surface area (Å²) in [6, 6.07) is 12.7. The summed E-state index contributed by atoms with van der Waals surface area (Å²) >= 11 is 0. The Balaban J connectivity index is 1.78. The minimum absolute atomic E-state index is 0.298. The Morgan fingerprint density at radius 2 is 1.70 bits per heavy atom. The highest BCUT2D eigenvalue weighted by Crippen LogP contribution is 2.31. The minimum Gasteiger partial charge on any atom is -0.428 e. The van der Waals surface area contributed by atoms with Crippen molar-refractivity contribution in [2.24, 2.45) is 0 Å². The number of halogens is 4. The Morgan fingerprint density at radius 1 is 1.04 bits per heavy atom. The molecule has 1 aliphatic heterocycles. The molecule has 0 saturated carbocycles. The number of anilines is 1. The van der Waals surface area contributed by atoms with Crippen LogP contribution in [0, 0.1) is 5.41 Å². The Hall–Kier alpha value is -2.57. The van der Waals surface area contributed by atoms with Crippen LogP contribution in [0.3, 0.4) is 0 Å². The van der Waals surface area contributed by atoms with Crippen molar-refractivity contribution in [2.75, 3.05) is 4.90 Å². The van der Waals surface area contributed by atoms with Crippen LogP contribution in [0.2, 0.25) is 0 Å². The minimum atomic E-state index is -4.53. The molecule has 120 valence electrons. The fourth-order valence-corrected chi connectivity index (χ4v) is 2.40. The van der Waals surface area contributed by atoms with Gasteiger partial charge in [-0.1, -0.05) is 24.3 Å². The second-order valence-corrected chi connectivity index (χ2v) is 5.05. The summed E-state index contributed by atoms with van der Waals surface area (Å²) < 4.78 is 54.0. The lowest BCUT2D eigenvalue weighted by Gasteiger charge is -2.20. The van der Waals surface area contributed by atoms with Gasteiger partial charge in [-0.05, 0) is 29.8 Å². The van der Waals surface area contributed by atoms with Crippen molar-refractivity contribution >= 4 is 11.5 Å². The largest absolute Gasteiger partial charge is 0.461 e. The third-order valence-electron chi connectivity index (χ3n) is 3.53. The summed E-state index contributed by atoms with van der Waals surface area (Å²) in [5, 5.41) is 8.15. The molecule has 0 amide bonds. The average molecular weight is 324 g/mol.